The van der Waals surface area contributed by atoms with E-state index in [0.717, 1.165) is 46.2 Å². The molecular weight excluding hydrogens is 464 g/mol. The lowest BCUT2D eigenvalue weighted by molar-refractivity contribution is 0.582. The first-order valence-corrected chi connectivity index (χ1v) is 15.9. The fourth-order valence-corrected chi connectivity index (χ4v) is 8.35. The highest BCUT2D eigenvalue weighted by Crippen LogP contribution is 2.37. The molecule has 186 valence electrons. The maximum absolute atomic E-state index is 13.0. The van der Waals surface area contributed by atoms with Gasteiger partial charge in [0.2, 0.25) is 0 Å². The second-order valence-electron chi connectivity index (χ2n) is 12.3. The van der Waals surface area contributed by atoms with Crippen molar-refractivity contribution in [2.45, 2.75) is 89.6 Å². The largest absolute Gasteiger partial charge is 0.228 e. The molecule has 2 aromatic rings. The first kappa shape index (κ1) is 25.4. The van der Waals surface area contributed by atoms with Crippen molar-refractivity contribution in [2.75, 3.05) is 11.5 Å². The molecule has 4 rings (SSSR count). The van der Waals surface area contributed by atoms with Gasteiger partial charge in [-0.25, -0.2) is 16.8 Å². The smallest absolute Gasteiger partial charge is 0.154 e. The summed E-state index contributed by atoms with van der Waals surface area (Å²) in [7, 11) is -6.82. The quantitative estimate of drug-likeness (QED) is 0.496. The van der Waals surface area contributed by atoms with Gasteiger partial charge in [0.15, 0.2) is 19.7 Å². The van der Waals surface area contributed by atoms with Gasteiger partial charge >= 0.3 is 0 Å². The number of hydrogen-bond acceptors (Lipinski definition) is 4. The molecule has 0 radical (unpaired) electrons. The Morgan fingerprint density at radius 2 is 0.941 bits per heavy atom. The molecule has 0 saturated carbocycles. The number of fused-ring (bicyclic) bond motifs is 1. The lowest BCUT2D eigenvalue weighted by atomic mass is 9.81. The van der Waals surface area contributed by atoms with Gasteiger partial charge in [-0.1, -0.05) is 65.8 Å². The standard InChI is InChI=1S/C28H38O4S2/c1-27(2,3)23-13-19-12-20-14-24(28(4,5)6)16-22-18-34(31,32)11-7-10-33(29,30)17-21(15-23)25(19)8-9-26(20)22/h13-16H,7-12,17-18H2,1-6H3. The Morgan fingerprint density at radius 1 is 0.588 bits per heavy atom. The number of rotatable bonds is 0. The molecule has 0 N–H and O–H groups in total. The van der Waals surface area contributed by atoms with E-state index in [4.69, 9.17) is 0 Å². The Morgan fingerprint density at radius 3 is 1.29 bits per heavy atom. The molecule has 0 spiro atoms. The predicted molar refractivity (Wildman–Crippen MR) is 140 cm³/mol. The highest BCUT2D eigenvalue weighted by Gasteiger charge is 2.28. The molecule has 0 amide bonds. The summed E-state index contributed by atoms with van der Waals surface area (Å²) in [6, 6.07) is 8.69. The van der Waals surface area contributed by atoms with Crippen molar-refractivity contribution in [1.29, 1.82) is 0 Å². The lowest BCUT2D eigenvalue weighted by Crippen LogP contribution is -2.19. The van der Waals surface area contributed by atoms with Gasteiger partial charge in [0.05, 0.1) is 23.0 Å². The van der Waals surface area contributed by atoms with Crippen molar-refractivity contribution in [3.05, 3.63) is 68.8 Å². The molecule has 2 aromatic carbocycles. The van der Waals surface area contributed by atoms with E-state index < -0.39 is 19.7 Å². The molecule has 1 heterocycles. The molecule has 34 heavy (non-hydrogen) atoms. The maximum Gasteiger partial charge on any atom is 0.154 e. The third kappa shape index (κ3) is 5.43. The fraction of sp³-hybridized carbons (Fsp3) is 0.571. The monoisotopic (exact) mass is 502 g/mol. The third-order valence-electron chi connectivity index (χ3n) is 7.27. The molecule has 2 bridgehead atoms. The second-order valence-corrected chi connectivity index (χ2v) is 16.6. The Kier molecular flexibility index (Phi) is 6.34. The van der Waals surface area contributed by atoms with Gasteiger partial charge in [0, 0.05) is 0 Å². The van der Waals surface area contributed by atoms with Crippen molar-refractivity contribution >= 4 is 19.7 Å². The summed E-state index contributed by atoms with van der Waals surface area (Å²) in [5, 5.41) is 0. The molecule has 0 atom stereocenters. The molecular formula is C28H38O4S2. The molecule has 1 aliphatic carbocycles. The van der Waals surface area contributed by atoms with Crippen LogP contribution in [0, 0.1) is 0 Å². The first-order chi connectivity index (χ1) is 15.5. The summed E-state index contributed by atoms with van der Waals surface area (Å²) in [6.45, 7) is 13.0. The molecule has 1 aliphatic heterocycles. The van der Waals surface area contributed by atoms with Crippen LogP contribution in [-0.2, 0) is 61.3 Å². The fourth-order valence-electron chi connectivity index (χ4n) is 5.25. The van der Waals surface area contributed by atoms with Gasteiger partial charge in [0.25, 0.3) is 0 Å². The van der Waals surface area contributed by atoms with Crippen LogP contribution in [0.5, 0.6) is 0 Å². The van der Waals surface area contributed by atoms with E-state index >= 15 is 0 Å². The van der Waals surface area contributed by atoms with Crippen LogP contribution < -0.4 is 0 Å². The Labute approximate surface area is 206 Å². The Balaban J connectivity index is 2.01. The Hall–Kier alpha value is -1.66. The summed E-state index contributed by atoms with van der Waals surface area (Å²) in [6.07, 6.45) is 2.32. The van der Waals surface area contributed by atoms with Crippen molar-refractivity contribution in [3.63, 3.8) is 0 Å². The minimum atomic E-state index is -3.41. The number of benzene rings is 2. The van der Waals surface area contributed by atoms with Crippen LogP contribution >= 0.6 is 0 Å². The third-order valence-corrected chi connectivity index (χ3v) is 10.6. The summed E-state index contributed by atoms with van der Waals surface area (Å²) in [5.74, 6) is -0.229. The van der Waals surface area contributed by atoms with E-state index in [0.29, 0.717) is 6.42 Å². The lowest BCUT2D eigenvalue weighted by Gasteiger charge is -2.25. The van der Waals surface area contributed by atoms with Crippen LogP contribution in [-0.4, -0.2) is 28.3 Å². The van der Waals surface area contributed by atoms with Gasteiger partial charge < -0.3 is 0 Å². The van der Waals surface area contributed by atoms with Gasteiger partial charge in [-0.15, -0.1) is 0 Å². The highest BCUT2D eigenvalue weighted by molar-refractivity contribution is 7.91. The maximum atomic E-state index is 13.0. The zero-order valence-corrected chi connectivity index (χ0v) is 23.0. The summed E-state index contributed by atoms with van der Waals surface area (Å²) in [5.41, 5.74) is 8.56. The SMILES string of the molecule is CC(C)(C)c1cc2c3c(c1)CS(=O)(=O)CCCS(=O)(=O)Cc1cc(C(C)(C)C)cc(c1CC3)C2. The average Bonchev–Trinajstić information content (AvgIpc) is 2.84. The van der Waals surface area contributed by atoms with Crippen molar-refractivity contribution in [2.24, 2.45) is 0 Å². The summed E-state index contributed by atoms with van der Waals surface area (Å²) in [4.78, 5) is 0. The minimum absolute atomic E-state index is 0.0181. The molecule has 0 unspecified atom stereocenters. The zero-order valence-electron chi connectivity index (χ0n) is 21.4. The van der Waals surface area contributed by atoms with Crippen molar-refractivity contribution in [3.8, 4) is 0 Å². The molecule has 6 heteroatoms. The van der Waals surface area contributed by atoms with Crippen LogP contribution in [0.1, 0.15) is 92.5 Å². The van der Waals surface area contributed by atoms with Crippen molar-refractivity contribution < 1.29 is 16.8 Å². The summed E-state index contributed by atoms with van der Waals surface area (Å²) >= 11 is 0. The van der Waals surface area contributed by atoms with Gasteiger partial charge in [-0.2, -0.15) is 0 Å². The van der Waals surface area contributed by atoms with E-state index in [1.807, 2.05) is 0 Å². The van der Waals surface area contributed by atoms with Gasteiger partial charge in [-0.05, 0) is 81.0 Å². The van der Waals surface area contributed by atoms with Crippen LogP contribution in [0.3, 0.4) is 0 Å². The minimum Gasteiger partial charge on any atom is -0.228 e. The Bertz CT molecular complexity index is 1230. The van der Waals surface area contributed by atoms with E-state index in [-0.39, 0.29) is 40.3 Å². The van der Waals surface area contributed by atoms with Crippen LogP contribution in [0.4, 0.5) is 0 Å². The molecule has 0 saturated heterocycles. The number of sulfone groups is 2. The van der Waals surface area contributed by atoms with Gasteiger partial charge in [0.1, 0.15) is 0 Å². The van der Waals surface area contributed by atoms with E-state index in [1.54, 1.807) is 0 Å². The highest BCUT2D eigenvalue weighted by atomic mass is 32.2. The topological polar surface area (TPSA) is 68.3 Å². The average molecular weight is 503 g/mol. The molecule has 4 nitrogen and oxygen atoms in total. The predicted octanol–water partition coefficient (Wildman–Crippen LogP) is 5.20. The molecule has 0 aromatic heterocycles. The first-order valence-electron chi connectivity index (χ1n) is 12.3. The van der Waals surface area contributed by atoms with E-state index in [1.165, 1.54) is 11.1 Å². The van der Waals surface area contributed by atoms with Gasteiger partial charge in [-0.3, -0.25) is 0 Å². The zero-order chi connectivity index (χ0) is 25.1. The molecule has 0 fully saturated rings. The normalized spacial score (nSPS) is 20.1. The summed E-state index contributed by atoms with van der Waals surface area (Å²) < 4.78 is 52.2. The van der Waals surface area contributed by atoms with Crippen LogP contribution in [0.2, 0.25) is 0 Å². The van der Waals surface area contributed by atoms with E-state index in [2.05, 4.69) is 65.8 Å². The molecule has 2 aliphatic rings. The number of hydrogen-bond donors (Lipinski definition) is 0. The second kappa shape index (κ2) is 8.48. The van der Waals surface area contributed by atoms with Crippen molar-refractivity contribution in [1.82, 2.24) is 0 Å². The van der Waals surface area contributed by atoms with Crippen LogP contribution in [0.15, 0.2) is 24.3 Å². The van der Waals surface area contributed by atoms with Crippen LogP contribution in [0.25, 0.3) is 0 Å². The van der Waals surface area contributed by atoms with E-state index in [9.17, 15) is 16.8 Å².